The summed E-state index contributed by atoms with van der Waals surface area (Å²) in [5.41, 5.74) is 1.57. The molecular weight excluding hydrogens is 414 g/mol. The van der Waals surface area contributed by atoms with E-state index < -0.39 is 30.2 Å². The Morgan fingerprint density at radius 2 is 1.74 bits per heavy atom. The van der Waals surface area contributed by atoms with E-state index in [9.17, 15) is 19.6 Å². The lowest BCUT2D eigenvalue weighted by molar-refractivity contribution is -0.122. The molecule has 0 radical (unpaired) electrons. The number of benzene rings is 2. The largest absolute Gasteiger partial charge is 0.454 e. The van der Waals surface area contributed by atoms with Crippen LogP contribution >= 0.6 is 11.3 Å². The van der Waals surface area contributed by atoms with E-state index in [2.05, 4.69) is 4.98 Å². The molecule has 1 aromatic heterocycles. The Kier molecular flexibility index (Phi) is 6.90. The SMILES string of the molecule is Cc1csc(C(C#N)C(=O)COC(=O)c2ccccc2C(=O)N(C)c2ccccc2)n1. The first-order valence-corrected chi connectivity index (χ1v) is 10.2. The van der Waals surface area contributed by atoms with Crippen molar-refractivity contribution in [3.05, 3.63) is 81.8 Å². The number of ether oxygens (including phenoxy) is 1. The molecule has 3 aromatic rings. The van der Waals surface area contributed by atoms with Gasteiger partial charge in [-0.3, -0.25) is 9.59 Å². The third-order valence-electron chi connectivity index (χ3n) is 4.51. The summed E-state index contributed by atoms with van der Waals surface area (Å²) in [6, 6.07) is 17.1. The molecular formula is C23H19N3O4S. The van der Waals surface area contributed by atoms with Crippen molar-refractivity contribution in [3.63, 3.8) is 0 Å². The van der Waals surface area contributed by atoms with Gasteiger partial charge in [-0.25, -0.2) is 9.78 Å². The van der Waals surface area contributed by atoms with Crippen LogP contribution < -0.4 is 4.90 Å². The molecule has 0 N–H and O–H groups in total. The van der Waals surface area contributed by atoms with Crippen LogP contribution in [-0.4, -0.2) is 36.3 Å². The molecule has 0 fully saturated rings. The van der Waals surface area contributed by atoms with Gasteiger partial charge in [-0.15, -0.1) is 11.3 Å². The number of hydrogen-bond donors (Lipinski definition) is 0. The maximum Gasteiger partial charge on any atom is 0.339 e. The fourth-order valence-corrected chi connectivity index (χ4v) is 3.73. The van der Waals surface area contributed by atoms with Crippen LogP contribution in [0.1, 0.15) is 37.3 Å². The van der Waals surface area contributed by atoms with Gasteiger partial charge in [0.25, 0.3) is 5.91 Å². The van der Waals surface area contributed by atoms with Crippen molar-refractivity contribution in [1.82, 2.24) is 4.98 Å². The minimum Gasteiger partial charge on any atom is -0.454 e. The van der Waals surface area contributed by atoms with Crippen LogP contribution in [-0.2, 0) is 9.53 Å². The quantitative estimate of drug-likeness (QED) is 0.526. The number of amides is 1. The fraction of sp³-hybridized carbons (Fsp3) is 0.174. The number of thiazole rings is 1. The molecule has 1 amide bonds. The molecule has 0 aliphatic carbocycles. The van der Waals surface area contributed by atoms with Crippen molar-refractivity contribution in [2.75, 3.05) is 18.6 Å². The van der Waals surface area contributed by atoms with Gasteiger partial charge >= 0.3 is 5.97 Å². The molecule has 0 bridgehead atoms. The molecule has 0 saturated carbocycles. The minimum absolute atomic E-state index is 0.0432. The first-order valence-electron chi connectivity index (χ1n) is 9.36. The van der Waals surface area contributed by atoms with Gasteiger partial charge in [-0.2, -0.15) is 5.26 Å². The van der Waals surface area contributed by atoms with Gasteiger partial charge in [0.1, 0.15) is 5.01 Å². The van der Waals surface area contributed by atoms with Gasteiger partial charge in [-0.05, 0) is 31.2 Å². The number of carbonyl (C=O) groups excluding carboxylic acids is 3. The number of para-hydroxylation sites is 1. The zero-order chi connectivity index (χ0) is 22.4. The Bertz CT molecular complexity index is 1150. The van der Waals surface area contributed by atoms with Crippen molar-refractivity contribution in [1.29, 1.82) is 5.26 Å². The molecule has 1 atom stereocenters. The van der Waals surface area contributed by atoms with Crippen molar-refractivity contribution in [2.24, 2.45) is 0 Å². The number of nitrogens with zero attached hydrogens (tertiary/aromatic N) is 3. The topological polar surface area (TPSA) is 100 Å². The molecule has 7 nitrogen and oxygen atoms in total. The summed E-state index contributed by atoms with van der Waals surface area (Å²) in [7, 11) is 1.61. The van der Waals surface area contributed by atoms with Gasteiger partial charge < -0.3 is 9.64 Å². The van der Waals surface area contributed by atoms with E-state index in [4.69, 9.17) is 4.74 Å². The van der Waals surface area contributed by atoms with E-state index >= 15 is 0 Å². The van der Waals surface area contributed by atoms with E-state index in [-0.39, 0.29) is 11.1 Å². The number of hydrogen-bond acceptors (Lipinski definition) is 7. The lowest BCUT2D eigenvalue weighted by Gasteiger charge is -2.18. The van der Waals surface area contributed by atoms with Crippen molar-refractivity contribution in [2.45, 2.75) is 12.8 Å². The van der Waals surface area contributed by atoms with Crippen molar-refractivity contribution < 1.29 is 19.1 Å². The van der Waals surface area contributed by atoms with E-state index in [1.165, 1.54) is 28.4 Å². The van der Waals surface area contributed by atoms with E-state index in [0.29, 0.717) is 16.4 Å². The predicted molar refractivity (Wildman–Crippen MR) is 116 cm³/mol. The zero-order valence-electron chi connectivity index (χ0n) is 16.9. The van der Waals surface area contributed by atoms with Gasteiger partial charge in [-0.1, -0.05) is 30.3 Å². The standard InChI is InChI=1S/C23H19N3O4S/c1-15-14-31-21(25-15)19(12-24)20(27)13-30-23(29)18-11-7-6-10-17(18)22(28)26(2)16-8-4-3-5-9-16/h3-11,14,19H,13H2,1-2H3. The number of carbonyl (C=O) groups is 3. The van der Waals surface area contributed by atoms with Crippen LogP contribution in [0.4, 0.5) is 5.69 Å². The number of anilines is 1. The number of rotatable bonds is 7. The number of aryl methyl sites for hydroxylation is 1. The number of nitriles is 1. The summed E-state index contributed by atoms with van der Waals surface area (Å²) < 4.78 is 5.14. The Balaban J connectivity index is 1.73. The summed E-state index contributed by atoms with van der Waals surface area (Å²) >= 11 is 1.20. The Morgan fingerprint density at radius 3 is 2.35 bits per heavy atom. The summed E-state index contributed by atoms with van der Waals surface area (Å²) in [6.07, 6.45) is 0. The van der Waals surface area contributed by atoms with E-state index in [1.807, 2.05) is 12.1 Å². The summed E-state index contributed by atoms with van der Waals surface area (Å²) in [5.74, 6) is -2.88. The maximum absolute atomic E-state index is 13.0. The highest BCUT2D eigenvalue weighted by molar-refractivity contribution is 7.09. The van der Waals surface area contributed by atoms with Crippen LogP contribution in [0.2, 0.25) is 0 Å². The normalized spacial score (nSPS) is 11.3. The number of Topliss-reactive ketones (excluding diaryl/α,β-unsaturated/α-hetero) is 1. The maximum atomic E-state index is 13.0. The second kappa shape index (κ2) is 9.78. The van der Waals surface area contributed by atoms with E-state index in [0.717, 1.165) is 0 Å². The van der Waals surface area contributed by atoms with Crippen LogP contribution in [0.3, 0.4) is 0 Å². The molecule has 3 rings (SSSR count). The number of ketones is 1. The third kappa shape index (κ3) is 5.02. The average Bonchev–Trinajstić information content (AvgIpc) is 3.23. The monoisotopic (exact) mass is 433 g/mol. The highest BCUT2D eigenvalue weighted by atomic mass is 32.1. The highest BCUT2D eigenvalue weighted by Crippen LogP contribution is 2.22. The highest BCUT2D eigenvalue weighted by Gasteiger charge is 2.26. The van der Waals surface area contributed by atoms with Crippen LogP contribution in [0.25, 0.3) is 0 Å². The van der Waals surface area contributed by atoms with Crippen molar-refractivity contribution in [3.8, 4) is 6.07 Å². The fourth-order valence-electron chi connectivity index (χ4n) is 2.86. The minimum atomic E-state index is -1.10. The smallest absolute Gasteiger partial charge is 0.339 e. The lowest BCUT2D eigenvalue weighted by atomic mass is 10.1. The average molecular weight is 433 g/mol. The van der Waals surface area contributed by atoms with Gasteiger partial charge in [0, 0.05) is 23.8 Å². The summed E-state index contributed by atoms with van der Waals surface area (Å²) in [4.78, 5) is 43.6. The second-order valence-electron chi connectivity index (χ2n) is 6.68. The number of esters is 1. The Hall–Kier alpha value is -3.83. The summed E-state index contributed by atoms with van der Waals surface area (Å²) in [6.45, 7) is 1.17. The Morgan fingerprint density at radius 1 is 1.10 bits per heavy atom. The van der Waals surface area contributed by atoms with Crippen LogP contribution in [0, 0.1) is 18.3 Å². The molecule has 0 saturated heterocycles. The molecule has 1 unspecified atom stereocenters. The third-order valence-corrected chi connectivity index (χ3v) is 5.53. The molecule has 0 spiro atoms. The van der Waals surface area contributed by atoms with Crippen LogP contribution in [0.5, 0.6) is 0 Å². The molecule has 2 aromatic carbocycles. The summed E-state index contributed by atoms with van der Waals surface area (Å²) in [5, 5.41) is 11.4. The number of aromatic nitrogens is 1. The Labute approximate surface area is 183 Å². The van der Waals surface area contributed by atoms with Gasteiger partial charge in [0.2, 0.25) is 0 Å². The lowest BCUT2D eigenvalue weighted by Crippen LogP contribution is -2.28. The van der Waals surface area contributed by atoms with E-state index in [1.54, 1.807) is 55.7 Å². The first-order chi connectivity index (χ1) is 14.9. The molecule has 31 heavy (non-hydrogen) atoms. The van der Waals surface area contributed by atoms with Gasteiger partial charge in [0.05, 0.1) is 17.2 Å². The van der Waals surface area contributed by atoms with Gasteiger partial charge in [0.15, 0.2) is 18.3 Å². The molecule has 8 heteroatoms. The molecule has 156 valence electrons. The molecule has 0 aliphatic heterocycles. The second-order valence-corrected chi connectivity index (χ2v) is 7.57. The van der Waals surface area contributed by atoms with Crippen molar-refractivity contribution >= 4 is 34.7 Å². The predicted octanol–water partition coefficient (Wildman–Crippen LogP) is 3.76. The zero-order valence-corrected chi connectivity index (χ0v) is 17.8. The molecule has 0 aliphatic rings. The first kappa shape index (κ1) is 21.9. The van der Waals surface area contributed by atoms with Crippen LogP contribution in [0.15, 0.2) is 60.0 Å². The molecule has 1 heterocycles.